The van der Waals surface area contributed by atoms with Gasteiger partial charge in [-0.15, -0.1) is 0 Å². The smallest absolute Gasteiger partial charge is 0.273 e. The molecule has 7 nitrogen and oxygen atoms in total. The van der Waals surface area contributed by atoms with Crippen molar-refractivity contribution in [2.75, 3.05) is 0 Å². The molecule has 114 valence electrons. The van der Waals surface area contributed by atoms with Gasteiger partial charge in [0.2, 0.25) is 10.0 Å². The number of carbonyl (C=O) groups excluding carboxylic acids is 1. The van der Waals surface area contributed by atoms with E-state index in [0.29, 0.717) is 18.5 Å². The number of aromatic amines is 1. The lowest BCUT2D eigenvalue weighted by Gasteiger charge is -2.16. The second-order valence-electron chi connectivity index (χ2n) is 5.18. The maximum absolute atomic E-state index is 12.1. The third-order valence-corrected chi connectivity index (χ3v) is 4.16. The first-order valence-electron chi connectivity index (χ1n) is 6.59. The van der Waals surface area contributed by atoms with E-state index < -0.39 is 15.9 Å². The zero-order chi connectivity index (χ0) is 15.5. The molecule has 0 bridgehead atoms. The second kappa shape index (κ2) is 6.36. The molecule has 1 atom stereocenters. The molecule has 0 spiro atoms. The lowest BCUT2D eigenvalue weighted by molar-refractivity contribution is 0.0922. The van der Waals surface area contributed by atoms with Gasteiger partial charge in [0.25, 0.3) is 5.91 Å². The molecule has 1 heterocycles. The van der Waals surface area contributed by atoms with Crippen LogP contribution in [0.15, 0.2) is 4.90 Å². The van der Waals surface area contributed by atoms with E-state index in [9.17, 15) is 13.2 Å². The summed E-state index contributed by atoms with van der Waals surface area (Å²) in [6, 6.07) is -0.0952. The Morgan fingerprint density at radius 3 is 2.45 bits per heavy atom. The summed E-state index contributed by atoms with van der Waals surface area (Å²) in [6.07, 6.45) is 1.18. The van der Waals surface area contributed by atoms with Gasteiger partial charge in [-0.05, 0) is 19.3 Å². The highest BCUT2D eigenvalue weighted by molar-refractivity contribution is 7.89. The van der Waals surface area contributed by atoms with E-state index in [-0.39, 0.29) is 22.5 Å². The van der Waals surface area contributed by atoms with Crippen molar-refractivity contribution in [1.29, 1.82) is 0 Å². The van der Waals surface area contributed by atoms with Crippen molar-refractivity contribution < 1.29 is 13.2 Å². The first-order chi connectivity index (χ1) is 9.18. The fourth-order valence-electron chi connectivity index (χ4n) is 1.69. The van der Waals surface area contributed by atoms with Crippen LogP contribution in [-0.4, -0.2) is 30.6 Å². The molecular formula is C12H22N4O3S. The number of primary sulfonamides is 1. The van der Waals surface area contributed by atoms with E-state index in [2.05, 4.69) is 15.5 Å². The van der Waals surface area contributed by atoms with Crippen LogP contribution in [0.5, 0.6) is 0 Å². The van der Waals surface area contributed by atoms with Crippen molar-refractivity contribution in [3.05, 3.63) is 11.4 Å². The van der Waals surface area contributed by atoms with Gasteiger partial charge >= 0.3 is 0 Å². The minimum atomic E-state index is -4.00. The minimum Gasteiger partial charge on any atom is -0.348 e. The van der Waals surface area contributed by atoms with Crippen LogP contribution in [0.3, 0.4) is 0 Å². The molecule has 1 rings (SSSR count). The van der Waals surface area contributed by atoms with Crippen molar-refractivity contribution in [1.82, 2.24) is 15.5 Å². The highest BCUT2D eigenvalue weighted by atomic mass is 32.2. The Kier molecular flexibility index (Phi) is 5.29. The number of sulfonamides is 1. The molecule has 4 N–H and O–H groups in total. The maximum Gasteiger partial charge on any atom is 0.273 e. The Hall–Kier alpha value is -1.41. The van der Waals surface area contributed by atoms with Gasteiger partial charge in [-0.2, -0.15) is 5.10 Å². The molecule has 0 saturated carbocycles. The number of hydrogen-bond donors (Lipinski definition) is 3. The van der Waals surface area contributed by atoms with E-state index in [1.807, 2.05) is 27.7 Å². The molecule has 0 fully saturated rings. The standard InChI is InChI=1S/C12H22N4O3S/c1-5-6-9-11(20(13,18)19)10(16-15-9)12(17)14-8(4)7(2)3/h7-8H,5-6H2,1-4H3,(H,14,17)(H,15,16)(H2,13,18,19). The van der Waals surface area contributed by atoms with Crippen molar-refractivity contribution in [2.24, 2.45) is 11.1 Å². The average molecular weight is 302 g/mol. The van der Waals surface area contributed by atoms with Crippen LogP contribution in [0, 0.1) is 5.92 Å². The molecule has 0 aromatic carbocycles. The molecule has 1 amide bonds. The van der Waals surface area contributed by atoms with Crippen LogP contribution in [0.4, 0.5) is 0 Å². The largest absolute Gasteiger partial charge is 0.348 e. The fraction of sp³-hybridized carbons (Fsp3) is 0.667. The van der Waals surface area contributed by atoms with Gasteiger partial charge < -0.3 is 5.32 Å². The van der Waals surface area contributed by atoms with Crippen molar-refractivity contribution in [2.45, 2.75) is 51.5 Å². The topological polar surface area (TPSA) is 118 Å². The van der Waals surface area contributed by atoms with Gasteiger partial charge in [0.1, 0.15) is 4.90 Å². The number of nitrogens with one attached hydrogen (secondary N) is 2. The maximum atomic E-state index is 12.1. The van der Waals surface area contributed by atoms with Crippen LogP contribution >= 0.6 is 0 Å². The minimum absolute atomic E-state index is 0.0952. The van der Waals surface area contributed by atoms with Gasteiger partial charge in [-0.1, -0.05) is 27.2 Å². The normalized spacial score (nSPS) is 13.5. The Morgan fingerprint density at radius 2 is 2.00 bits per heavy atom. The van der Waals surface area contributed by atoms with E-state index >= 15 is 0 Å². The summed E-state index contributed by atoms with van der Waals surface area (Å²) in [5.74, 6) is -0.306. The summed E-state index contributed by atoms with van der Waals surface area (Å²) in [7, 11) is -4.00. The van der Waals surface area contributed by atoms with E-state index in [4.69, 9.17) is 5.14 Å². The SMILES string of the molecule is CCCc1[nH]nc(C(=O)NC(C)C(C)C)c1S(N)(=O)=O. The zero-order valence-corrected chi connectivity index (χ0v) is 13.0. The van der Waals surface area contributed by atoms with Crippen molar-refractivity contribution in [3.63, 3.8) is 0 Å². The molecule has 0 radical (unpaired) electrons. The van der Waals surface area contributed by atoms with Gasteiger partial charge in [-0.25, -0.2) is 13.6 Å². The molecule has 8 heteroatoms. The van der Waals surface area contributed by atoms with Crippen LogP contribution in [0.25, 0.3) is 0 Å². The molecule has 1 aromatic rings. The predicted octanol–water partition coefficient (Wildman–Crippen LogP) is 0.784. The highest BCUT2D eigenvalue weighted by Gasteiger charge is 2.27. The number of carbonyl (C=O) groups is 1. The van der Waals surface area contributed by atoms with Gasteiger partial charge in [-0.3, -0.25) is 9.89 Å². The lowest BCUT2D eigenvalue weighted by Crippen LogP contribution is -2.37. The number of aryl methyl sites for hydroxylation is 1. The second-order valence-corrected chi connectivity index (χ2v) is 6.68. The molecule has 1 unspecified atom stereocenters. The molecule has 0 aliphatic heterocycles. The average Bonchev–Trinajstić information content (AvgIpc) is 2.72. The van der Waals surface area contributed by atoms with Gasteiger partial charge in [0.15, 0.2) is 5.69 Å². The third kappa shape index (κ3) is 3.80. The van der Waals surface area contributed by atoms with Crippen molar-refractivity contribution in [3.8, 4) is 0 Å². The number of nitrogens with zero attached hydrogens (tertiary/aromatic N) is 1. The summed E-state index contributed by atoms with van der Waals surface area (Å²) >= 11 is 0. The first kappa shape index (κ1) is 16.6. The first-order valence-corrected chi connectivity index (χ1v) is 8.14. The summed E-state index contributed by atoms with van der Waals surface area (Å²) in [5, 5.41) is 14.3. The van der Waals surface area contributed by atoms with Crippen LogP contribution in [0.1, 0.15) is 50.3 Å². The van der Waals surface area contributed by atoms with Gasteiger partial charge in [0, 0.05) is 6.04 Å². The number of rotatable bonds is 6. The monoisotopic (exact) mass is 302 g/mol. The molecular weight excluding hydrogens is 280 g/mol. The number of hydrogen-bond acceptors (Lipinski definition) is 4. The van der Waals surface area contributed by atoms with Gasteiger partial charge in [0.05, 0.1) is 5.69 Å². The quantitative estimate of drug-likeness (QED) is 0.719. The fourth-order valence-corrected chi connectivity index (χ4v) is 2.59. The third-order valence-electron chi connectivity index (χ3n) is 3.15. The molecule has 1 aromatic heterocycles. The summed E-state index contributed by atoms with van der Waals surface area (Å²) in [6.45, 7) is 7.66. The Morgan fingerprint density at radius 1 is 1.40 bits per heavy atom. The van der Waals surface area contributed by atoms with E-state index in [0.717, 1.165) is 0 Å². The number of amides is 1. The zero-order valence-electron chi connectivity index (χ0n) is 12.2. The molecule has 0 saturated heterocycles. The Bertz CT molecular complexity index is 578. The number of nitrogens with two attached hydrogens (primary N) is 1. The van der Waals surface area contributed by atoms with Crippen LogP contribution < -0.4 is 10.5 Å². The number of aromatic nitrogens is 2. The van der Waals surface area contributed by atoms with E-state index in [1.54, 1.807) is 0 Å². The molecule has 0 aliphatic carbocycles. The molecule has 0 aliphatic rings. The van der Waals surface area contributed by atoms with Crippen molar-refractivity contribution >= 4 is 15.9 Å². The van der Waals surface area contributed by atoms with Crippen LogP contribution in [0.2, 0.25) is 0 Å². The summed E-state index contributed by atoms with van der Waals surface area (Å²) in [5.41, 5.74) is 0.209. The van der Waals surface area contributed by atoms with Crippen LogP contribution in [-0.2, 0) is 16.4 Å². The number of H-pyrrole nitrogens is 1. The summed E-state index contributed by atoms with van der Waals surface area (Å²) in [4.78, 5) is 11.9. The lowest BCUT2D eigenvalue weighted by atomic mass is 10.1. The Balaban J connectivity index is 3.16. The molecule has 20 heavy (non-hydrogen) atoms. The highest BCUT2D eigenvalue weighted by Crippen LogP contribution is 2.18. The van der Waals surface area contributed by atoms with E-state index in [1.165, 1.54) is 0 Å². The summed E-state index contributed by atoms with van der Waals surface area (Å²) < 4.78 is 23.3. The Labute approximate surface area is 119 Å². The predicted molar refractivity (Wildman–Crippen MR) is 75.7 cm³/mol.